The first-order valence-corrected chi connectivity index (χ1v) is 5.92. The highest BCUT2D eigenvalue weighted by atomic mass is 35.5. The maximum atomic E-state index is 11.1. The highest BCUT2D eigenvalue weighted by Gasteiger charge is 2.24. The molecular weight excluding hydrogens is 268 g/mol. The molecule has 7 heteroatoms. The molecule has 6 nitrogen and oxygen atoms in total. The molecule has 0 amide bonds. The minimum absolute atomic E-state index is 0.0234. The average molecular weight is 277 g/mol. The quantitative estimate of drug-likeness (QED) is 0.555. The van der Waals surface area contributed by atoms with Crippen molar-refractivity contribution in [1.82, 2.24) is 15.2 Å². The Labute approximate surface area is 112 Å². The molecule has 0 radical (unpaired) electrons. The van der Waals surface area contributed by atoms with Crippen LogP contribution >= 0.6 is 11.6 Å². The second kappa shape index (κ2) is 4.10. The van der Waals surface area contributed by atoms with Gasteiger partial charge in [0.05, 0.1) is 4.92 Å². The first kappa shape index (κ1) is 11.7. The summed E-state index contributed by atoms with van der Waals surface area (Å²) >= 11 is 6.05. The Hall–Kier alpha value is -2.34. The number of rotatable bonds is 2. The molecule has 0 fully saturated rings. The van der Waals surface area contributed by atoms with Crippen molar-refractivity contribution in [2.75, 3.05) is 0 Å². The molecule has 0 atom stereocenters. The molecule has 3 rings (SSSR count). The zero-order chi connectivity index (χ0) is 13.6. The Morgan fingerprint density at radius 2 is 2.21 bits per heavy atom. The summed E-state index contributed by atoms with van der Waals surface area (Å²) in [5.74, 6) is 0. The Balaban J connectivity index is 2.36. The van der Waals surface area contributed by atoms with E-state index in [-0.39, 0.29) is 5.69 Å². The van der Waals surface area contributed by atoms with Gasteiger partial charge in [0.1, 0.15) is 11.4 Å². The second-order valence-corrected chi connectivity index (χ2v) is 4.62. The van der Waals surface area contributed by atoms with E-state index in [9.17, 15) is 10.1 Å². The van der Waals surface area contributed by atoms with Gasteiger partial charge in [0, 0.05) is 27.7 Å². The Morgan fingerprint density at radius 1 is 1.42 bits per heavy atom. The van der Waals surface area contributed by atoms with Crippen molar-refractivity contribution in [2.24, 2.45) is 0 Å². The lowest BCUT2D eigenvalue weighted by Gasteiger charge is -2.02. The zero-order valence-electron chi connectivity index (χ0n) is 9.90. The van der Waals surface area contributed by atoms with Gasteiger partial charge in [-0.1, -0.05) is 11.6 Å². The number of fused-ring (bicyclic) bond motifs is 1. The number of hydrogen-bond donors (Lipinski definition) is 2. The summed E-state index contributed by atoms with van der Waals surface area (Å²) in [4.78, 5) is 13.7. The smallest absolute Gasteiger partial charge is 0.317 e. The van der Waals surface area contributed by atoms with Crippen LogP contribution in [0.25, 0.3) is 22.2 Å². The number of nitrogens with one attached hydrogen (secondary N) is 2. The van der Waals surface area contributed by atoms with E-state index in [1.54, 1.807) is 25.3 Å². The highest BCUT2D eigenvalue weighted by molar-refractivity contribution is 6.32. The predicted molar refractivity (Wildman–Crippen MR) is 72.3 cm³/mol. The monoisotopic (exact) mass is 276 g/mol. The van der Waals surface area contributed by atoms with Gasteiger partial charge in [0.15, 0.2) is 0 Å². The van der Waals surface area contributed by atoms with Gasteiger partial charge in [-0.05, 0) is 25.1 Å². The average Bonchev–Trinajstić information content (AvgIpc) is 2.93. The molecule has 2 N–H and O–H groups in total. The first-order chi connectivity index (χ1) is 9.08. The maximum absolute atomic E-state index is 11.1. The molecule has 1 aromatic carbocycles. The fourth-order valence-corrected chi connectivity index (χ4v) is 2.39. The van der Waals surface area contributed by atoms with Crippen LogP contribution in [0.2, 0.25) is 5.02 Å². The van der Waals surface area contributed by atoms with Gasteiger partial charge in [-0.25, -0.2) is 0 Å². The van der Waals surface area contributed by atoms with Gasteiger partial charge >= 0.3 is 5.69 Å². The van der Waals surface area contributed by atoms with Gasteiger partial charge in [-0.3, -0.25) is 15.2 Å². The molecule has 0 spiro atoms. The summed E-state index contributed by atoms with van der Waals surface area (Å²) in [5, 5.41) is 19.1. The summed E-state index contributed by atoms with van der Waals surface area (Å²) in [7, 11) is 0. The molecule has 3 aromatic rings. The topological polar surface area (TPSA) is 87.6 Å². The van der Waals surface area contributed by atoms with E-state index in [2.05, 4.69) is 15.2 Å². The van der Waals surface area contributed by atoms with Crippen molar-refractivity contribution in [1.29, 1.82) is 0 Å². The van der Waals surface area contributed by atoms with E-state index in [0.29, 0.717) is 22.0 Å². The van der Waals surface area contributed by atoms with Crippen molar-refractivity contribution in [3.05, 3.63) is 45.2 Å². The molecular formula is C12H9ClN4O2. The second-order valence-electron chi connectivity index (χ2n) is 4.18. The number of benzene rings is 1. The third-order valence-electron chi connectivity index (χ3n) is 3.00. The molecule has 0 bridgehead atoms. The molecule has 0 aliphatic rings. The Morgan fingerprint density at radius 3 is 2.95 bits per heavy atom. The fraction of sp³-hybridized carbons (Fsp3) is 0.0833. The molecule has 0 aliphatic carbocycles. The van der Waals surface area contributed by atoms with Crippen molar-refractivity contribution in [3.8, 4) is 11.3 Å². The third-order valence-corrected chi connectivity index (χ3v) is 3.22. The van der Waals surface area contributed by atoms with E-state index in [1.807, 2.05) is 6.07 Å². The SMILES string of the molecule is Cc1n[nH]c(-c2cc(Cl)cc3[nH]ccc23)c1[N+](=O)[O-]. The summed E-state index contributed by atoms with van der Waals surface area (Å²) in [6.07, 6.45) is 1.76. The number of aromatic nitrogens is 3. The van der Waals surface area contributed by atoms with E-state index in [0.717, 1.165) is 10.9 Å². The van der Waals surface area contributed by atoms with E-state index < -0.39 is 4.92 Å². The van der Waals surface area contributed by atoms with Crippen molar-refractivity contribution >= 4 is 28.2 Å². The van der Waals surface area contributed by atoms with Crippen LogP contribution in [0.5, 0.6) is 0 Å². The van der Waals surface area contributed by atoms with E-state index >= 15 is 0 Å². The van der Waals surface area contributed by atoms with Crippen LogP contribution in [-0.4, -0.2) is 20.1 Å². The molecule has 2 heterocycles. The number of hydrogen-bond acceptors (Lipinski definition) is 3. The normalized spacial score (nSPS) is 11.1. The molecule has 0 unspecified atom stereocenters. The third kappa shape index (κ3) is 1.77. The van der Waals surface area contributed by atoms with Crippen LogP contribution < -0.4 is 0 Å². The summed E-state index contributed by atoms with van der Waals surface area (Å²) in [6, 6.07) is 5.31. The largest absolute Gasteiger partial charge is 0.361 e. The lowest BCUT2D eigenvalue weighted by atomic mass is 10.1. The minimum atomic E-state index is -0.437. The molecule has 19 heavy (non-hydrogen) atoms. The van der Waals surface area contributed by atoms with Crippen LogP contribution in [0.1, 0.15) is 5.69 Å². The number of halogens is 1. The van der Waals surface area contributed by atoms with Gasteiger partial charge in [0.25, 0.3) is 0 Å². The minimum Gasteiger partial charge on any atom is -0.361 e. The number of H-pyrrole nitrogens is 2. The standard InChI is InChI=1S/C12H9ClN4O2/c1-6-12(17(18)19)11(16-15-6)9-4-7(13)5-10-8(9)2-3-14-10/h2-5,14H,1H3,(H,15,16). The number of nitro groups is 1. The van der Waals surface area contributed by atoms with Crippen molar-refractivity contribution in [3.63, 3.8) is 0 Å². The van der Waals surface area contributed by atoms with Crippen LogP contribution in [0.15, 0.2) is 24.4 Å². The van der Waals surface area contributed by atoms with Crippen molar-refractivity contribution in [2.45, 2.75) is 6.92 Å². The van der Waals surface area contributed by atoms with Crippen LogP contribution in [0, 0.1) is 17.0 Å². The molecule has 0 saturated heterocycles. The number of aromatic amines is 2. The summed E-state index contributed by atoms with van der Waals surface area (Å²) < 4.78 is 0. The van der Waals surface area contributed by atoms with Crippen LogP contribution in [0.3, 0.4) is 0 Å². The zero-order valence-corrected chi connectivity index (χ0v) is 10.7. The lowest BCUT2D eigenvalue weighted by molar-refractivity contribution is -0.384. The predicted octanol–water partition coefficient (Wildman–Crippen LogP) is 3.43. The highest BCUT2D eigenvalue weighted by Crippen LogP contribution is 2.36. The first-order valence-electron chi connectivity index (χ1n) is 5.54. The van der Waals surface area contributed by atoms with E-state index in [4.69, 9.17) is 11.6 Å². The summed E-state index contributed by atoms with van der Waals surface area (Å²) in [6.45, 7) is 1.59. The van der Waals surface area contributed by atoms with Gasteiger partial charge in [-0.15, -0.1) is 0 Å². The fourth-order valence-electron chi connectivity index (χ4n) is 2.18. The molecule has 0 aliphatic heterocycles. The summed E-state index contributed by atoms with van der Waals surface area (Å²) in [5.41, 5.74) is 2.18. The Bertz CT molecular complexity index is 790. The van der Waals surface area contributed by atoms with Crippen molar-refractivity contribution < 1.29 is 4.92 Å². The molecule has 96 valence electrons. The maximum Gasteiger partial charge on any atom is 0.317 e. The molecule has 2 aromatic heterocycles. The van der Waals surface area contributed by atoms with Crippen LogP contribution in [-0.2, 0) is 0 Å². The van der Waals surface area contributed by atoms with E-state index in [1.165, 1.54) is 0 Å². The van der Waals surface area contributed by atoms with Gasteiger partial charge in [0.2, 0.25) is 0 Å². The van der Waals surface area contributed by atoms with Crippen LogP contribution in [0.4, 0.5) is 5.69 Å². The number of nitrogens with zero attached hydrogens (tertiary/aromatic N) is 2. The Kier molecular flexibility index (Phi) is 2.53. The van der Waals surface area contributed by atoms with Gasteiger partial charge in [-0.2, -0.15) is 5.10 Å². The van der Waals surface area contributed by atoms with Gasteiger partial charge < -0.3 is 4.98 Å². The molecule has 0 saturated carbocycles. The lowest BCUT2D eigenvalue weighted by Crippen LogP contribution is -1.91. The number of aryl methyl sites for hydroxylation is 1.